The first-order valence-electron chi connectivity index (χ1n) is 8.97. The molecule has 5 heteroatoms. The van der Waals surface area contributed by atoms with Crippen LogP contribution in [0.25, 0.3) is 0 Å². The second-order valence-electron chi connectivity index (χ2n) is 7.64. The molecule has 4 rings (SSSR count). The van der Waals surface area contributed by atoms with E-state index >= 15 is 0 Å². The van der Waals surface area contributed by atoms with E-state index in [0.29, 0.717) is 11.5 Å². The quantitative estimate of drug-likeness (QED) is 0.835. The fraction of sp³-hybridized carbons (Fsp3) is 0.778. The molecular weight excluding hydrogens is 290 g/mol. The zero-order valence-electron chi connectivity index (χ0n) is 14.0. The zero-order chi connectivity index (χ0) is 15.7. The lowest BCUT2D eigenvalue weighted by atomic mass is 9.76. The normalized spacial score (nSPS) is 26.8. The molecule has 0 N–H and O–H groups in total. The van der Waals surface area contributed by atoms with Crippen LogP contribution in [0.3, 0.4) is 0 Å². The van der Waals surface area contributed by atoms with Crippen molar-refractivity contribution in [2.75, 3.05) is 37.8 Å². The van der Waals surface area contributed by atoms with Crippen LogP contribution in [0.1, 0.15) is 37.8 Å². The Hall–Kier alpha value is -1.20. The molecule has 0 radical (unpaired) electrons. The third kappa shape index (κ3) is 3.66. The van der Waals surface area contributed by atoms with Gasteiger partial charge >= 0.3 is 0 Å². The lowest BCUT2D eigenvalue weighted by Gasteiger charge is -2.38. The van der Waals surface area contributed by atoms with E-state index in [-0.39, 0.29) is 0 Å². The van der Waals surface area contributed by atoms with Crippen molar-refractivity contribution in [1.82, 2.24) is 10.2 Å². The van der Waals surface area contributed by atoms with Crippen molar-refractivity contribution in [2.24, 2.45) is 11.3 Å². The maximum absolute atomic E-state index is 6.03. The summed E-state index contributed by atoms with van der Waals surface area (Å²) in [6.07, 6.45) is 6.54. The minimum Gasteiger partial charge on any atom is -0.378 e. The van der Waals surface area contributed by atoms with Crippen LogP contribution in [0.2, 0.25) is 0 Å². The minimum atomic E-state index is 0.305. The fourth-order valence-corrected chi connectivity index (χ4v) is 3.77. The van der Waals surface area contributed by atoms with Crippen LogP contribution >= 0.6 is 0 Å². The summed E-state index contributed by atoms with van der Waals surface area (Å²) in [4.78, 5) is 2.36. The Balaban J connectivity index is 1.26. The molecule has 1 atom stereocenters. The Morgan fingerprint density at radius 3 is 2.74 bits per heavy atom. The predicted molar refractivity (Wildman–Crippen MR) is 88.5 cm³/mol. The van der Waals surface area contributed by atoms with Gasteiger partial charge in [-0.25, -0.2) is 0 Å². The van der Waals surface area contributed by atoms with E-state index in [1.54, 1.807) is 0 Å². The number of nitrogens with zero attached hydrogens (tertiary/aromatic N) is 3. The molecule has 0 amide bonds. The molecule has 1 spiro atoms. The minimum absolute atomic E-state index is 0.305. The number of rotatable bonds is 5. The van der Waals surface area contributed by atoms with Crippen LogP contribution in [0.4, 0.5) is 5.82 Å². The zero-order valence-corrected chi connectivity index (χ0v) is 14.0. The van der Waals surface area contributed by atoms with Crippen LogP contribution < -0.4 is 4.90 Å². The average Bonchev–Trinajstić information content (AvgIpc) is 3.31. The topological polar surface area (TPSA) is 47.5 Å². The number of hydrogen-bond donors (Lipinski definition) is 0. The van der Waals surface area contributed by atoms with Gasteiger partial charge < -0.3 is 14.4 Å². The smallest absolute Gasteiger partial charge is 0.151 e. The number of aromatic nitrogens is 2. The summed E-state index contributed by atoms with van der Waals surface area (Å²) in [6, 6.07) is 4.12. The Kier molecular flexibility index (Phi) is 4.24. The van der Waals surface area contributed by atoms with Crippen molar-refractivity contribution >= 4 is 5.82 Å². The molecule has 2 aliphatic heterocycles. The van der Waals surface area contributed by atoms with Gasteiger partial charge in [0.1, 0.15) is 0 Å². The van der Waals surface area contributed by atoms with Gasteiger partial charge in [-0.3, -0.25) is 0 Å². The fourth-order valence-electron chi connectivity index (χ4n) is 3.77. The van der Waals surface area contributed by atoms with E-state index in [4.69, 9.17) is 9.47 Å². The second kappa shape index (κ2) is 6.36. The lowest BCUT2D eigenvalue weighted by molar-refractivity contribution is 0.0110. The summed E-state index contributed by atoms with van der Waals surface area (Å²) in [5.74, 6) is 1.85. The van der Waals surface area contributed by atoms with Crippen molar-refractivity contribution < 1.29 is 9.47 Å². The van der Waals surface area contributed by atoms with Crippen molar-refractivity contribution in [3.05, 3.63) is 17.8 Å². The summed E-state index contributed by atoms with van der Waals surface area (Å²) < 4.78 is 11.9. The summed E-state index contributed by atoms with van der Waals surface area (Å²) in [6.45, 7) is 6.70. The summed E-state index contributed by atoms with van der Waals surface area (Å²) >= 11 is 0. The number of ether oxygens (including phenoxy) is 2. The van der Waals surface area contributed by atoms with Crippen molar-refractivity contribution in [1.29, 1.82) is 0 Å². The molecule has 1 aromatic rings. The highest BCUT2D eigenvalue weighted by molar-refractivity contribution is 5.38. The van der Waals surface area contributed by atoms with E-state index in [1.807, 2.05) is 13.0 Å². The highest BCUT2D eigenvalue weighted by atomic mass is 16.5. The maximum atomic E-state index is 6.03. The van der Waals surface area contributed by atoms with Gasteiger partial charge in [-0.2, -0.15) is 5.10 Å². The van der Waals surface area contributed by atoms with E-state index in [0.717, 1.165) is 56.8 Å². The molecule has 23 heavy (non-hydrogen) atoms. The number of aryl methyl sites for hydroxylation is 1. The molecule has 126 valence electrons. The highest BCUT2D eigenvalue weighted by Crippen LogP contribution is 2.42. The monoisotopic (exact) mass is 317 g/mol. The van der Waals surface area contributed by atoms with Crippen molar-refractivity contribution in [2.45, 2.75) is 45.1 Å². The SMILES string of the molecule is Cc1ccc(N2CCC3(CC2)CO[C@H](COCC2CC2)C3)nn1. The van der Waals surface area contributed by atoms with Gasteiger partial charge in [0.15, 0.2) is 5.82 Å². The summed E-state index contributed by atoms with van der Waals surface area (Å²) in [5, 5.41) is 8.49. The van der Waals surface area contributed by atoms with Gasteiger partial charge in [0.25, 0.3) is 0 Å². The van der Waals surface area contributed by atoms with Gasteiger partial charge in [-0.1, -0.05) is 0 Å². The molecular formula is C18H27N3O2. The Morgan fingerprint density at radius 2 is 2.04 bits per heavy atom. The number of hydrogen-bond acceptors (Lipinski definition) is 5. The molecule has 3 heterocycles. The Bertz CT molecular complexity index is 522. The number of piperidine rings is 1. The molecule has 5 nitrogen and oxygen atoms in total. The van der Waals surface area contributed by atoms with Crippen LogP contribution in [0.15, 0.2) is 12.1 Å². The first-order chi connectivity index (χ1) is 11.2. The van der Waals surface area contributed by atoms with Crippen molar-refractivity contribution in [3.63, 3.8) is 0 Å². The second-order valence-corrected chi connectivity index (χ2v) is 7.64. The van der Waals surface area contributed by atoms with E-state index < -0.39 is 0 Å². The predicted octanol–water partition coefficient (Wildman–Crippen LogP) is 2.59. The van der Waals surface area contributed by atoms with Gasteiger partial charge in [0.2, 0.25) is 0 Å². The summed E-state index contributed by atoms with van der Waals surface area (Å²) in [7, 11) is 0. The molecule has 0 bridgehead atoms. The molecule has 3 aliphatic rings. The standard InChI is InChI=1S/C18H27N3O2/c1-14-2-5-17(20-19-14)21-8-6-18(7-9-21)10-16(23-13-18)12-22-11-15-3-4-15/h2,5,15-16H,3-4,6-13H2,1H3/t16-/m0/s1. The van der Waals surface area contributed by atoms with Gasteiger partial charge in [-0.15, -0.1) is 5.10 Å². The average molecular weight is 317 g/mol. The molecule has 1 aromatic heterocycles. The first kappa shape index (κ1) is 15.3. The van der Waals surface area contributed by atoms with Gasteiger partial charge in [0, 0.05) is 19.7 Å². The summed E-state index contributed by atoms with van der Waals surface area (Å²) in [5.41, 5.74) is 1.34. The van der Waals surface area contributed by atoms with Gasteiger partial charge in [-0.05, 0) is 62.5 Å². The van der Waals surface area contributed by atoms with Crippen LogP contribution in [0, 0.1) is 18.3 Å². The van der Waals surface area contributed by atoms with Crippen molar-refractivity contribution in [3.8, 4) is 0 Å². The maximum Gasteiger partial charge on any atom is 0.151 e. The molecule has 0 aromatic carbocycles. The van der Waals surface area contributed by atoms with E-state index in [2.05, 4.69) is 21.2 Å². The molecule has 0 unspecified atom stereocenters. The van der Waals surface area contributed by atoms with Crippen LogP contribution in [-0.2, 0) is 9.47 Å². The third-order valence-corrected chi connectivity index (χ3v) is 5.57. The Labute approximate surface area is 138 Å². The third-order valence-electron chi connectivity index (χ3n) is 5.57. The van der Waals surface area contributed by atoms with Gasteiger partial charge in [0.05, 0.1) is 25.0 Å². The molecule has 3 fully saturated rings. The van der Waals surface area contributed by atoms with E-state index in [1.165, 1.54) is 25.7 Å². The first-order valence-corrected chi connectivity index (χ1v) is 8.97. The number of anilines is 1. The molecule has 2 saturated heterocycles. The molecule has 1 aliphatic carbocycles. The largest absolute Gasteiger partial charge is 0.378 e. The Morgan fingerprint density at radius 1 is 1.22 bits per heavy atom. The highest BCUT2D eigenvalue weighted by Gasteiger charge is 2.42. The van der Waals surface area contributed by atoms with Crippen LogP contribution in [-0.4, -0.2) is 49.2 Å². The lowest BCUT2D eigenvalue weighted by Crippen LogP contribution is -2.41. The van der Waals surface area contributed by atoms with E-state index in [9.17, 15) is 0 Å². The molecule has 1 saturated carbocycles. The van der Waals surface area contributed by atoms with Crippen LogP contribution in [0.5, 0.6) is 0 Å².